The van der Waals surface area contributed by atoms with Gasteiger partial charge in [-0.1, -0.05) is 6.07 Å². The number of hydrogen-bond acceptors (Lipinski definition) is 6. The molecule has 1 aliphatic rings. The van der Waals surface area contributed by atoms with E-state index >= 15 is 0 Å². The Bertz CT molecular complexity index is 1040. The van der Waals surface area contributed by atoms with Gasteiger partial charge < -0.3 is 10.1 Å². The summed E-state index contributed by atoms with van der Waals surface area (Å²) in [5.74, 6) is -0.536. The maximum atomic E-state index is 12.9. The molecule has 1 amide bonds. The van der Waals surface area contributed by atoms with Crippen LogP contribution in [0.1, 0.15) is 31.2 Å². The summed E-state index contributed by atoms with van der Waals surface area (Å²) < 4.78 is 69.2. The third-order valence-electron chi connectivity index (χ3n) is 4.84. The number of anilines is 1. The minimum absolute atomic E-state index is 0.0597. The van der Waals surface area contributed by atoms with E-state index < -0.39 is 21.6 Å². The number of benzene rings is 1. The predicted molar refractivity (Wildman–Crippen MR) is 115 cm³/mol. The third-order valence-corrected chi connectivity index (χ3v) is 7.82. The van der Waals surface area contributed by atoms with Crippen molar-refractivity contribution in [1.29, 1.82) is 0 Å². The van der Waals surface area contributed by atoms with Crippen LogP contribution in [0.5, 0.6) is 0 Å². The van der Waals surface area contributed by atoms with Crippen molar-refractivity contribution < 1.29 is 31.1 Å². The van der Waals surface area contributed by atoms with Crippen LogP contribution in [0.15, 0.2) is 52.5 Å². The molecule has 1 saturated heterocycles. The van der Waals surface area contributed by atoms with Crippen molar-refractivity contribution in [3.63, 3.8) is 0 Å². The minimum atomic E-state index is -4.62. The molecular formula is C21H23F3N2O4S2. The number of carbonyl (C=O) groups is 1. The fraction of sp³-hybridized carbons (Fsp3) is 0.429. The van der Waals surface area contributed by atoms with E-state index in [1.54, 1.807) is 12.1 Å². The number of rotatable bonds is 8. The molecule has 6 nitrogen and oxygen atoms in total. The topological polar surface area (TPSA) is 85.4 Å². The van der Waals surface area contributed by atoms with Gasteiger partial charge >= 0.3 is 6.18 Å². The Morgan fingerprint density at radius 1 is 1.22 bits per heavy atom. The number of thioether (sulfide) groups is 1. The number of ether oxygens (including phenoxy) is 1. The van der Waals surface area contributed by atoms with Crippen molar-refractivity contribution in [3.05, 3.63) is 48.2 Å². The van der Waals surface area contributed by atoms with Gasteiger partial charge in [0.2, 0.25) is 5.91 Å². The first-order valence-corrected chi connectivity index (χ1v) is 12.7. The third kappa shape index (κ3) is 6.94. The Labute approximate surface area is 188 Å². The van der Waals surface area contributed by atoms with Crippen LogP contribution in [0.25, 0.3) is 0 Å². The Morgan fingerprint density at radius 3 is 2.75 bits per heavy atom. The second-order valence-corrected chi connectivity index (χ2v) is 10.5. The molecule has 3 rings (SSSR count). The molecule has 0 bridgehead atoms. The van der Waals surface area contributed by atoms with Gasteiger partial charge in [0.25, 0.3) is 0 Å². The van der Waals surface area contributed by atoms with Gasteiger partial charge in [0.1, 0.15) is 5.03 Å². The monoisotopic (exact) mass is 488 g/mol. The lowest BCUT2D eigenvalue weighted by Gasteiger charge is -2.22. The Balaban J connectivity index is 1.59. The normalized spacial score (nSPS) is 17.2. The number of sulfone groups is 1. The van der Waals surface area contributed by atoms with Crippen LogP contribution >= 0.6 is 11.8 Å². The maximum absolute atomic E-state index is 12.9. The Morgan fingerprint density at radius 2 is 2.03 bits per heavy atom. The van der Waals surface area contributed by atoms with Crippen LogP contribution in [0.2, 0.25) is 0 Å². The second-order valence-electron chi connectivity index (χ2n) is 7.29. The minimum Gasteiger partial charge on any atom is -0.378 e. The van der Waals surface area contributed by atoms with E-state index in [0.717, 1.165) is 49.2 Å². The molecule has 1 unspecified atom stereocenters. The first-order chi connectivity index (χ1) is 15.1. The standard InChI is InChI=1S/C21H23F3N2O4S2/c22-21(23,24)15-5-3-7-17(13-15)32(28,29)12-11-31-20-18(8-4-9-25-20)26-19(27)14-16-6-1-2-10-30-16/h3-5,7-9,13,16H,1-2,6,10-12,14H2,(H,26,27). The summed E-state index contributed by atoms with van der Waals surface area (Å²) in [7, 11) is -3.92. The van der Waals surface area contributed by atoms with E-state index in [0.29, 0.717) is 23.4 Å². The summed E-state index contributed by atoms with van der Waals surface area (Å²) in [5, 5.41) is 3.22. The highest BCUT2D eigenvalue weighted by Gasteiger charge is 2.31. The first kappa shape index (κ1) is 24.5. The van der Waals surface area contributed by atoms with E-state index in [9.17, 15) is 26.4 Å². The molecule has 1 fully saturated rings. The highest BCUT2D eigenvalue weighted by molar-refractivity contribution is 8.00. The highest BCUT2D eigenvalue weighted by atomic mass is 32.2. The SMILES string of the molecule is O=C(CC1CCCCO1)Nc1cccnc1SCCS(=O)(=O)c1cccc(C(F)(F)F)c1. The molecule has 0 spiro atoms. The fourth-order valence-electron chi connectivity index (χ4n) is 3.21. The van der Waals surface area contributed by atoms with Gasteiger partial charge in [-0.2, -0.15) is 13.2 Å². The quantitative estimate of drug-likeness (QED) is 0.548. The van der Waals surface area contributed by atoms with Crippen molar-refractivity contribution in [2.24, 2.45) is 0 Å². The van der Waals surface area contributed by atoms with E-state index in [-0.39, 0.29) is 34.8 Å². The average Bonchev–Trinajstić information content (AvgIpc) is 2.75. The largest absolute Gasteiger partial charge is 0.416 e. The number of amides is 1. The van der Waals surface area contributed by atoms with Crippen molar-refractivity contribution in [2.45, 2.75) is 47.9 Å². The molecule has 1 aliphatic heterocycles. The number of pyridine rings is 1. The van der Waals surface area contributed by atoms with Gasteiger partial charge in [-0.25, -0.2) is 13.4 Å². The number of alkyl halides is 3. The Hall–Kier alpha value is -2.11. The number of nitrogens with zero attached hydrogens (tertiary/aromatic N) is 1. The lowest BCUT2D eigenvalue weighted by Crippen LogP contribution is -2.25. The van der Waals surface area contributed by atoms with E-state index in [1.165, 1.54) is 6.20 Å². The number of hydrogen-bond donors (Lipinski definition) is 1. The number of nitrogens with one attached hydrogen (secondary N) is 1. The van der Waals surface area contributed by atoms with Crippen LogP contribution in [0, 0.1) is 0 Å². The highest BCUT2D eigenvalue weighted by Crippen LogP contribution is 2.31. The van der Waals surface area contributed by atoms with Gasteiger partial charge in [0, 0.05) is 18.6 Å². The van der Waals surface area contributed by atoms with Gasteiger partial charge in [-0.05, 0) is 49.6 Å². The molecule has 1 N–H and O–H groups in total. The number of carbonyl (C=O) groups excluding carboxylic acids is 1. The van der Waals surface area contributed by atoms with Gasteiger partial charge in [-0.15, -0.1) is 11.8 Å². The van der Waals surface area contributed by atoms with E-state index in [2.05, 4.69) is 10.3 Å². The summed E-state index contributed by atoms with van der Waals surface area (Å²) in [5.41, 5.74) is -0.558. The lowest BCUT2D eigenvalue weighted by molar-refractivity contribution is -0.137. The molecule has 1 atom stereocenters. The Kier molecular flexibility index (Phi) is 8.18. The average molecular weight is 489 g/mol. The lowest BCUT2D eigenvalue weighted by atomic mass is 10.1. The smallest absolute Gasteiger partial charge is 0.378 e. The van der Waals surface area contributed by atoms with Gasteiger partial charge in [-0.3, -0.25) is 4.79 Å². The molecule has 174 valence electrons. The van der Waals surface area contributed by atoms with Crippen LogP contribution in [0.4, 0.5) is 18.9 Å². The zero-order chi connectivity index (χ0) is 23.2. The van der Waals surface area contributed by atoms with Crippen molar-refractivity contribution in [3.8, 4) is 0 Å². The van der Waals surface area contributed by atoms with E-state index in [4.69, 9.17) is 4.74 Å². The van der Waals surface area contributed by atoms with Gasteiger partial charge in [0.05, 0.1) is 34.4 Å². The zero-order valence-electron chi connectivity index (χ0n) is 17.1. The summed E-state index contributed by atoms with van der Waals surface area (Å²) >= 11 is 1.11. The molecule has 1 aromatic carbocycles. The molecule has 0 saturated carbocycles. The number of halogens is 3. The van der Waals surface area contributed by atoms with Crippen LogP contribution in [-0.2, 0) is 25.5 Å². The molecule has 1 aromatic heterocycles. The van der Waals surface area contributed by atoms with Crippen LogP contribution in [0.3, 0.4) is 0 Å². The van der Waals surface area contributed by atoms with Crippen LogP contribution < -0.4 is 5.32 Å². The molecule has 0 aliphatic carbocycles. The molecule has 2 heterocycles. The summed E-state index contributed by atoms with van der Waals surface area (Å²) in [6.07, 6.45) is -0.155. The van der Waals surface area contributed by atoms with Gasteiger partial charge in [0.15, 0.2) is 9.84 Å². The van der Waals surface area contributed by atoms with E-state index in [1.807, 2.05) is 0 Å². The summed E-state index contributed by atoms with van der Waals surface area (Å²) in [4.78, 5) is 16.2. The molecule has 2 aromatic rings. The fourth-order valence-corrected chi connectivity index (χ4v) is 5.85. The summed E-state index contributed by atoms with van der Waals surface area (Å²) in [6, 6.07) is 7.00. The molecule has 0 radical (unpaired) electrons. The summed E-state index contributed by atoms with van der Waals surface area (Å²) in [6.45, 7) is 0.645. The molecular weight excluding hydrogens is 465 g/mol. The van der Waals surface area contributed by atoms with Crippen molar-refractivity contribution in [1.82, 2.24) is 4.98 Å². The molecule has 11 heteroatoms. The second kappa shape index (κ2) is 10.7. The zero-order valence-corrected chi connectivity index (χ0v) is 18.7. The van der Waals surface area contributed by atoms with Crippen molar-refractivity contribution in [2.75, 3.05) is 23.4 Å². The number of aromatic nitrogens is 1. The predicted octanol–water partition coefficient (Wildman–Crippen LogP) is 4.56. The van der Waals surface area contributed by atoms with Crippen molar-refractivity contribution >= 4 is 33.2 Å². The molecule has 32 heavy (non-hydrogen) atoms. The maximum Gasteiger partial charge on any atom is 0.416 e. The first-order valence-electron chi connectivity index (χ1n) is 10.0. The van der Waals surface area contributed by atoms with Crippen LogP contribution in [-0.4, -0.2) is 43.5 Å².